The average molecular weight is 339 g/mol. The molecule has 1 unspecified atom stereocenters. The van der Waals surface area contributed by atoms with Crippen LogP contribution in [-0.4, -0.2) is 23.4 Å². The highest BCUT2D eigenvalue weighted by molar-refractivity contribution is 5.86. The smallest absolute Gasteiger partial charge is 0.255 e. The molecule has 5 nitrogen and oxygen atoms in total. The third kappa shape index (κ3) is 5.43. The predicted molar refractivity (Wildman–Crippen MR) is 100 cm³/mol. The van der Waals surface area contributed by atoms with Crippen LogP contribution in [-0.2, 0) is 4.79 Å². The van der Waals surface area contributed by atoms with Crippen molar-refractivity contribution in [2.75, 3.05) is 11.9 Å². The summed E-state index contributed by atoms with van der Waals surface area (Å²) in [6.45, 7) is 2.76. The number of anilines is 1. The van der Waals surface area contributed by atoms with E-state index in [2.05, 4.69) is 12.2 Å². The summed E-state index contributed by atoms with van der Waals surface area (Å²) >= 11 is 0. The second-order valence-electron chi connectivity index (χ2n) is 5.98. The van der Waals surface area contributed by atoms with Crippen LogP contribution < -0.4 is 10.8 Å². The first-order valence-electron chi connectivity index (χ1n) is 8.54. The molecule has 0 aliphatic rings. The number of amides is 1. The maximum Gasteiger partial charge on any atom is 0.255 e. The van der Waals surface area contributed by atoms with Gasteiger partial charge >= 0.3 is 0 Å². The second-order valence-corrected chi connectivity index (χ2v) is 5.98. The van der Waals surface area contributed by atoms with Gasteiger partial charge in [0, 0.05) is 24.4 Å². The minimum absolute atomic E-state index is 0.465. The van der Waals surface area contributed by atoms with Gasteiger partial charge in [0.1, 0.15) is 0 Å². The summed E-state index contributed by atoms with van der Waals surface area (Å²) in [7, 11) is 0. The Morgan fingerprint density at radius 3 is 2.48 bits per heavy atom. The van der Waals surface area contributed by atoms with Crippen molar-refractivity contribution in [2.45, 2.75) is 32.1 Å². The van der Waals surface area contributed by atoms with Crippen molar-refractivity contribution >= 4 is 17.3 Å². The van der Waals surface area contributed by atoms with E-state index in [4.69, 9.17) is 10.6 Å². The highest BCUT2D eigenvalue weighted by Gasteiger charge is 2.22. The van der Waals surface area contributed by atoms with Crippen molar-refractivity contribution < 1.29 is 10.0 Å². The minimum Gasteiger partial charge on any atom is -0.385 e. The van der Waals surface area contributed by atoms with Gasteiger partial charge in [-0.25, -0.2) is 5.48 Å². The number of hydrogen-bond acceptors (Lipinski definition) is 4. The van der Waals surface area contributed by atoms with Crippen LogP contribution in [0.5, 0.6) is 0 Å². The Morgan fingerprint density at radius 1 is 1.08 bits per heavy atom. The number of hydrogen-bond donors (Lipinski definition) is 4. The predicted octanol–water partition coefficient (Wildman–Crippen LogP) is 3.95. The van der Waals surface area contributed by atoms with Gasteiger partial charge in [-0.1, -0.05) is 55.8 Å². The molecule has 0 aliphatic carbocycles. The summed E-state index contributed by atoms with van der Waals surface area (Å²) < 4.78 is 0. The number of nitrogens with one attached hydrogen (secondary N) is 3. The standard InChI is InChI=1S/C20H25N3O2/c1-2-7-17(21)12-13-22-18-11-6-10-16(14-18)19(20(24)23-25)15-8-4-3-5-9-15/h3-6,8-11,14,19,21-22,25H,2,7,12-13H2,1H3,(H,23,24). The highest BCUT2D eigenvalue weighted by atomic mass is 16.5. The molecule has 2 aromatic carbocycles. The zero-order chi connectivity index (χ0) is 18.1. The molecule has 0 saturated heterocycles. The van der Waals surface area contributed by atoms with E-state index in [9.17, 15) is 4.79 Å². The molecule has 0 aliphatic heterocycles. The quantitative estimate of drug-likeness (QED) is 0.317. The van der Waals surface area contributed by atoms with Gasteiger partial charge in [-0.3, -0.25) is 10.0 Å². The molecular formula is C20H25N3O2. The van der Waals surface area contributed by atoms with Crippen molar-refractivity contribution in [1.29, 1.82) is 5.41 Å². The van der Waals surface area contributed by atoms with Crippen molar-refractivity contribution in [1.82, 2.24) is 5.48 Å². The topological polar surface area (TPSA) is 85.2 Å². The van der Waals surface area contributed by atoms with Crippen LogP contribution in [0.1, 0.15) is 43.2 Å². The monoisotopic (exact) mass is 339 g/mol. The fourth-order valence-electron chi connectivity index (χ4n) is 2.82. The summed E-state index contributed by atoms with van der Waals surface area (Å²) in [5.41, 5.74) is 5.02. The Hall–Kier alpha value is -2.66. The lowest BCUT2D eigenvalue weighted by atomic mass is 9.90. The van der Waals surface area contributed by atoms with Crippen molar-refractivity contribution in [2.24, 2.45) is 0 Å². The van der Waals surface area contributed by atoms with Crippen LogP contribution in [0.25, 0.3) is 0 Å². The molecule has 1 amide bonds. The van der Waals surface area contributed by atoms with E-state index >= 15 is 0 Å². The second kappa shape index (κ2) is 9.59. The molecule has 2 rings (SSSR count). The SMILES string of the molecule is CCCC(=N)CCNc1cccc(C(C(=O)NO)c2ccccc2)c1. The molecule has 1 atom stereocenters. The first kappa shape index (κ1) is 18.7. The summed E-state index contributed by atoms with van der Waals surface area (Å²) in [6.07, 6.45) is 2.52. The van der Waals surface area contributed by atoms with E-state index in [1.165, 1.54) is 0 Å². The Bertz CT molecular complexity index is 701. The van der Waals surface area contributed by atoms with E-state index in [1.807, 2.05) is 54.6 Å². The van der Waals surface area contributed by atoms with Gasteiger partial charge < -0.3 is 10.7 Å². The van der Waals surface area contributed by atoms with E-state index in [1.54, 1.807) is 5.48 Å². The molecule has 132 valence electrons. The number of hydroxylamine groups is 1. The van der Waals surface area contributed by atoms with E-state index in [0.29, 0.717) is 13.0 Å². The Balaban J connectivity index is 2.14. The average Bonchev–Trinajstić information content (AvgIpc) is 2.63. The Kier molecular flexibility index (Phi) is 7.16. The molecule has 0 aromatic heterocycles. The minimum atomic E-state index is -0.577. The lowest BCUT2D eigenvalue weighted by Gasteiger charge is -2.17. The lowest BCUT2D eigenvalue weighted by molar-refractivity contribution is -0.129. The maximum absolute atomic E-state index is 12.2. The lowest BCUT2D eigenvalue weighted by Crippen LogP contribution is -2.27. The summed E-state index contributed by atoms with van der Waals surface area (Å²) in [5, 5.41) is 20.3. The van der Waals surface area contributed by atoms with Gasteiger partial charge in [0.15, 0.2) is 0 Å². The molecule has 5 heteroatoms. The number of carbonyl (C=O) groups excluding carboxylic acids is 1. The number of carbonyl (C=O) groups is 1. The molecule has 25 heavy (non-hydrogen) atoms. The van der Waals surface area contributed by atoms with Crippen LogP contribution in [0.4, 0.5) is 5.69 Å². The van der Waals surface area contributed by atoms with Gasteiger partial charge in [-0.2, -0.15) is 0 Å². The molecule has 0 bridgehead atoms. The van der Waals surface area contributed by atoms with Crippen LogP contribution in [0.3, 0.4) is 0 Å². The van der Waals surface area contributed by atoms with Crippen LogP contribution in [0.2, 0.25) is 0 Å². The summed E-state index contributed by atoms with van der Waals surface area (Å²) in [5.74, 6) is -1.04. The van der Waals surface area contributed by atoms with Crippen LogP contribution in [0.15, 0.2) is 54.6 Å². The summed E-state index contributed by atoms with van der Waals surface area (Å²) in [6, 6.07) is 17.0. The number of benzene rings is 2. The molecule has 0 fully saturated rings. The molecule has 4 N–H and O–H groups in total. The summed E-state index contributed by atoms with van der Waals surface area (Å²) in [4.78, 5) is 12.2. The van der Waals surface area contributed by atoms with Gasteiger partial charge in [0.25, 0.3) is 5.91 Å². The zero-order valence-corrected chi connectivity index (χ0v) is 14.5. The van der Waals surface area contributed by atoms with Gasteiger partial charge in [-0.05, 0) is 29.7 Å². The molecule has 0 heterocycles. The van der Waals surface area contributed by atoms with E-state index in [-0.39, 0.29) is 0 Å². The first-order chi connectivity index (χ1) is 12.2. The fourth-order valence-corrected chi connectivity index (χ4v) is 2.82. The van der Waals surface area contributed by atoms with E-state index < -0.39 is 11.8 Å². The highest BCUT2D eigenvalue weighted by Crippen LogP contribution is 2.26. The van der Waals surface area contributed by atoms with Crippen LogP contribution in [0, 0.1) is 5.41 Å². The maximum atomic E-state index is 12.2. The van der Waals surface area contributed by atoms with Crippen LogP contribution >= 0.6 is 0 Å². The fraction of sp³-hybridized carbons (Fsp3) is 0.300. The van der Waals surface area contributed by atoms with Crippen molar-refractivity contribution in [3.05, 3.63) is 65.7 Å². The number of rotatable bonds is 9. The Morgan fingerprint density at radius 2 is 1.80 bits per heavy atom. The molecule has 0 saturated carbocycles. The normalized spacial score (nSPS) is 11.6. The van der Waals surface area contributed by atoms with Gasteiger partial charge in [0.05, 0.1) is 5.92 Å². The zero-order valence-electron chi connectivity index (χ0n) is 14.5. The first-order valence-corrected chi connectivity index (χ1v) is 8.54. The third-order valence-electron chi connectivity index (χ3n) is 4.03. The Labute approximate surface area is 148 Å². The third-order valence-corrected chi connectivity index (χ3v) is 4.03. The van der Waals surface area contributed by atoms with Gasteiger partial charge in [0.2, 0.25) is 0 Å². The largest absolute Gasteiger partial charge is 0.385 e. The van der Waals surface area contributed by atoms with Crippen molar-refractivity contribution in [3.63, 3.8) is 0 Å². The molecule has 0 spiro atoms. The molecule has 2 aromatic rings. The van der Waals surface area contributed by atoms with Crippen molar-refractivity contribution in [3.8, 4) is 0 Å². The van der Waals surface area contributed by atoms with Gasteiger partial charge in [-0.15, -0.1) is 0 Å². The molecule has 0 radical (unpaired) electrons. The van der Waals surface area contributed by atoms with E-state index in [0.717, 1.165) is 35.4 Å². The molecular weight excluding hydrogens is 314 g/mol.